The normalized spacial score (nSPS) is 11.9. The molecule has 3 aromatic carbocycles. The number of phenolic OH excluding ortho intramolecular Hbond substituents is 2. The van der Waals surface area contributed by atoms with Crippen LogP contribution in [0.15, 0.2) is 70.3 Å². The molecule has 31 heavy (non-hydrogen) atoms. The van der Waals surface area contributed by atoms with Crippen molar-refractivity contribution in [3.8, 4) is 22.8 Å². The molecule has 0 unspecified atom stereocenters. The number of phenols is 2. The van der Waals surface area contributed by atoms with Crippen LogP contribution < -0.4 is 21.5 Å². The Kier molecular flexibility index (Phi) is 5.35. The van der Waals surface area contributed by atoms with E-state index in [1.807, 2.05) is 6.92 Å². The van der Waals surface area contributed by atoms with Crippen LogP contribution in [0.4, 0.5) is 17.1 Å². The van der Waals surface area contributed by atoms with Crippen molar-refractivity contribution in [2.24, 2.45) is 0 Å². The van der Waals surface area contributed by atoms with E-state index in [0.717, 1.165) is 5.56 Å². The lowest BCUT2D eigenvalue weighted by atomic mass is 10.1. The Hall–Kier alpha value is -3.84. The maximum atomic E-state index is 12.2. The molecule has 0 radical (unpaired) electrons. The van der Waals surface area contributed by atoms with Gasteiger partial charge < -0.3 is 20.8 Å². The van der Waals surface area contributed by atoms with Crippen molar-refractivity contribution < 1.29 is 10.2 Å². The molecule has 0 spiro atoms. The molecule has 4 rings (SSSR count). The van der Waals surface area contributed by atoms with Crippen LogP contribution in [0.2, 0.25) is 5.15 Å². The molecule has 1 aromatic heterocycles. The molecule has 0 aliphatic carbocycles. The molecule has 0 saturated heterocycles. The molecule has 156 valence electrons. The van der Waals surface area contributed by atoms with Crippen LogP contribution in [-0.2, 0) is 0 Å². The smallest absolute Gasteiger partial charge is 0.253 e. The number of nitrogens with one attached hydrogen (secondary N) is 2. The maximum absolute atomic E-state index is 12.2. The Bertz CT molecular complexity index is 1350. The van der Waals surface area contributed by atoms with Crippen LogP contribution in [0.3, 0.4) is 0 Å². The van der Waals surface area contributed by atoms with Gasteiger partial charge in [0.15, 0.2) is 0 Å². The number of nitrogens with zero attached hydrogens (tertiary/aromatic N) is 1. The van der Waals surface area contributed by atoms with Crippen LogP contribution in [0.25, 0.3) is 11.3 Å². The monoisotopic (exact) mass is 435 g/mol. The first-order valence-electron chi connectivity index (χ1n) is 9.45. The first-order valence-corrected chi connectivity index (χ1v) is 9.83. The number of halogens is 1. The van der Waals surface area contributed by atoms with Gasteiger partial charge >= 0.3 is 0 Å². The van der Waals surface area contributed by atoms with Gasteiger partial charge in [0.2, 0.25) is 0 Å². The van der Waals surface area contributed by atoms with Gasteiger partial charge in [0.25, 0.3) is 10.9 Å². The highest BCUT2D eigenvalue weighted by atomic mass is 35.5. The van der Waals surface area contributed by atoms with Gasteiger partial charge in [-0.1, -0.05) is 29.8 Å². The quantitative estimate of drug-likeness (QED) is 0.202. The van der Waals surface area contributed by atoms with E-state index < -0.39 is 10.9 Å². The van der Waals surface area contributed by atoms with Crippen molar-refractivity contribution in [1.29, 1.82) is 0 Å². The molecule has 0 amide bonds. The van der Waals surface area contributed by atoms with E-state index in [-0.39, 0.29) is 34.1 Å². The van der Waals surface area contributed by atoms with Crippen LogP contribution in [0.5, 0.6) is 11.5 Å². The minimum absolute atomic E-state index is 0.00108. The topological polar surface area (TPSA) is 112 Å². The Morgan fingerprint density at radius 2 is 1.68 bits per heavy atom. The van der Waals surface area contributed by atoms with Gasteiger partial charge in [-0.05, 0) is 55.0 Å². The summed E-state index contributed by atoms with van der Waals surface area (Å²) in [6, 6.07) is 16.0. The van der Waals surface area contributed by atoms with E-state index in [2.05, 4.69) is 15.6 Å². The van der Waals surface area contributed by atoms with E-state index in [4.69, 9.17) is 11.6 Å². The summed E-state index contributed by atoms with van der Waals surface area (Å²) >= 11 is 5.94. The van der Waals surface area contributed by atoms with Crippen molar-refractivity contribution in [3.63, 3.8) is 0 Å². The fourth-order valence-corrected chi connectivity index (χ4v) is 3.43. The average Bonchev–Trinajstić information content (AvgIpc) is 2.76. The summed E-state index contributed by atoms with van der Waals surface area (Å²) in [5, 5.41) is 26.2. The molecule has 0 aliphatic heterocycles. The van der Waals surface area contributed by atoms with Gasteiger partial charge in [-0.3, -0.25) is 9.59 Å². The highest BCUT2D eigenvalue weighted by Crippen LogP contribution is 2.33. The van der Waals surface area contributed by atoms with Crippen LogP contribution in [0, 0.1) is 0 Å². The zero-order valence-corrected chi connectivity index (χ0v) is 17.1. The summed E-state index contributed by atoms with van der Waals surface area (Å²) < 4.78 is 0. The van der Waals surface area contributed by atoms with E-state index in [9.17, 15) is 19.8 Å². The van der Waals surface area contributed by atoms with Crippen molar-refractivity contribution in [1.82, 2.24) is 4.98 Å². The minimum Gasteiger partial charge on any atom is -0.508 e. The third kappa shape index (κ3) is 4.08. The zero-order chi connectivity index (χ0) is 22.1. The molecule has 0 bridgehead atoms. The molecule has 4 N–H and O–H groups in total. The Labute approximate surface area is 182 Å². The first-order chi connectivity index (χ1) is 14.8. The Balaban J connectivity index is 1.61. The Morgan fingerprint density at radius 1 is 0.935 bits per heavy atom. The summed E-state index contributed by atoms with van der Waals surface area (Å²) in [5.74, 6) is 0.113. The van der Waals surface area contributed by atoms with Crippen molar-refractivity contribution in [3.05, 3.63) is 91.8 Å². The predicted molar refractivity (Wildman–Crippen MR) is 121 cm³/mol. The standard InChI is InChI=1S/C23H18ClN3O4/c1-12(13-4-2-5-15(28)10-13)25-20-21(23(31)22(20)30)26-14-8-9-18(29)16(11-14)17-6-3-7-19(24)27-17/h2-12,25-26,28-29H,1H3/t12-/m0/s1. The average molecular weight is 436 g/mol. The SMILES string of the molecule is C[C@H](Nc1c(Nc2ccc(O)c(-c3cccc(Cl)n3)c2)c(=O)c1=O)c1cccc(O)c1. The van der Waals surface area contributed by atoms with Gasteiger partial charge in [0, 0.05) is 17.3 Å². The van der Waals surface area contributed by atoms with Gasteiger partial charge in [-0.25, -0.2) is 4.98 Å². The van der Waals surface area contributed by atoms with Gasteiger partial charge in [-0.15, -0.1) is 0 Å². The Morgan fingerprint density at radius 3 is 2.42 bits per heavy atom. The van der Waals surface area contributed by atoms with E-state index in [1.165, 1.54) is 6.07 Å². The number of hydrogen-bond donors (Lipinski definition) is 4. The molecule has 8 heteroatoms. The third-order valence-corrected chi connectivity index (χ3v) is 5.11. The number of aromatic nitrogens is 1. The van der Waals surface area contributed by atoms with Crippen LogP contribution in [0.1, 0.15) is 18.5 Å². The second kappa shape index (κ2) is 8.12. The van der Waals surface area contributed by atoms with Crippen LogP contribution in [-0.4, -0.2) is 15.2 Å². The lowest BCUT2D eigenvalue weighted by Crippen LogP contribution is -2.37. The molecule has 1 atom stereocenters. The summed E-state index contributed by atoms with van der Waals surface area (Å²) in [7, 11) is 0. The number of benzene rings is 2. The maximum Gasteiger partial charge on any atom is 0.253 e. The number of hydrogen-bond acceptors (Lipinski definition) is 7. The molecular weight excluding hydrogens is 418 g/mol. The highest BCUT2D eigenvalue weighted by molar-refractivity contribution is 6.29. The summed E-state index contributed by atoms with van der Waals surface area (Å²) in [4.78, 5) is 28.5. The fraction of sp³-hybridized carbons (Fsp3) is 0.0870. The zero-order valence-electron chi connectivity index (χ0n) is 16.4. The number of pyridine rings is 1. The second-order valence-corrected chi connectivity index (χ2v) is 7.46. The number of anilines is 3. The highest BCUT2D eigenvalue weighted by Gasteiger charge is 2.23. The minimum atomic E-state index is -0.638. The van der Waals surface area contributed by atoms with Gasteiger partial charge in [0.1, 0.15) is 28.0 Å². The molecule has 0 fully saturated rings. The number of rotatable bonds is 6. The molecule has 0 saturated carbocycles. The van der Waals surface area contributed by atoms with E-state index in [1.54, 1.807) is 54.6 Å². The molecular formula is C23H18ClN3O4. The molecule has 1 heterocycles. The van der Waals surface area contributed by atoms with Crippen molar-refractivity contribution in [2.75, 3.05) is 10.6 Å². The molecule has 7 nitrogen and oxygen atoms in total. The lowest BCUT2D eigenvalue weighted by molar-refractivity contribution is 0.474. The van der Waals surface area contributed by atoms with Crippen molar-refractivity contribution >= 4 is 28.7 Å². The molecule has 4 aromatic rings. The third-order valence-electron chi connectivity index (χ3n) is 4.90. The van der Waals surface area contributed by atoms with E-state index in [0.29, 0.717) is 16.9 Å². The first kappa shape index (κ1) is 20.4. The van der Waals surface area contributed by atoms with Crippen LogP contribution >= 0.6 is 11.6 Å². The molecule has 0 aliphatic rings. The largest absolute Gasteiger partial charge is 0.508 e. The predicted octanol–water partition coefficient (Wildman–Crippen LogP) is 4.33. The lowest BCUT2D eigenvalue weighted by Gasteiger charge is -2.20. The summed E-state index contributed by atoms with van der Waals surface area (Å²) in [5.41, 5.74) is 1.19. The van der Waals surface area contributed by atoms with E-state index >= 15 is 0 Å². The van der Waals surface area contributed by atoms with Crippen molar-refractivity contribution in [2.45, 2.75) is 13.0 Å². The number of aromatic hydroxyl groups is 2. The van der Waals surface area contributed by atoms with Gasteiger partial charge in [-0.2, -0.15) is 0 Å². The summed E-state index contributed by atoms with van der Waals surface area (Å²) in [6.45, 7) is 1.82. The fourth-order valence-electron chi connectivity index (χ4n) is 3.26. The van der Waals surface area contributed by atoms with Gasteiger partial charge in [0.05, 0.1) is 5.69 Å². The summed E-state index contributed by atoms with van der Waals surface area (Å²) in [6.07, 6.45) is 0. The second-order valence-electron chi connectivity index (χ2n) is 7.07.